The molecule has 5 heterocycles. The van der Waals surface area contributed by atoms with Crippen molar-refractivity contribution < 1.29 is 163 Å². The largest absolute Gasteiger partial charge is 0.481 e. The van der Waals surface area contributed by atoms with E-state index in [1.165, 1.54) is 0 Å². The molecule has 89 heavy (non-hydrogen) atoms. The summed E-state index contributed by atoms with van der Waals surface area (Å²) < 4.78 is 70.6. The van der Waals surface area contributed by atoms with Gasteiger partial charge in [0.2, 0.25) is 0 Å². The Bertz CT molecular complexity index is 2290. The van der Waals surface area contributed by atoms with Crippen LogP contribution in [0.1, 0.15) is 96.3 Å². The van der Waals surface area contributed by atoms with Crippen molar-refractivity contribution in [2.45, 2.75) is 274 Å². The van der Waals surface area contributed by atoms with Gasteiger partial charge in [-0.15, -0.1) is 0 Å². The zero-order valence-electron chi connectivity index (χ0n) is 48.6. The Balaban J connectivity index is 0.856. The first-order valence-corrected chi connectivity index (χ1v) is 30.7. The van der Waals surface area contributed by atoms with Gasteiger partial charge in [-0.1, -0.05) is 0 Å². The number of fused-ring (bicyclic) bond motifs is 1. The summed E-state index contributed by atoms with van der Waals surface area (Å²) >= 11 is 0. The molecule has 4 saturated carbocycles. The van der Waals surface area contributed by atoms with Crippen LogP contribution in [0.2, 0.25) is 0 Å². The fraction of sp³-hybridized carbons (Fsp3) is 0.929. The number of carboxylic acid groups (broad SMARTS) is 1. The van der Waals surface area contributed by atoms with Crippen LogP contribution in [-0.2, 0) is 76.0 Å². The molecule has 4 aliphatic carbocycles. The van der Waals surface area contributed by atoms with Crippen LogP contribution in [0.15, 0.2) is 0 Å². The molecule has 510 valence electrons. The molecule has 0 spiro atoms. The molecule has 33 nitrogen and oxygen atoms in total. The molecule has 0 amide bonds. The van der Waals surface area contributed by atoms with Crippen molar-refractivity contribution in [2.75, 3.05) is 26.4 Å². The topological polar surface area (TPSA) is 523 Å². The Kier molecular flexibility index (Phi) is 24.4. The van der Waals surface area contributed by atoms with Gasteiger partial charge in [-0.3, -0.25) is 19.2 Å². The molecule has 0 aromatic carbocycles. The molecule has 5 aliphatic heterocycles. The summed E-state index contributed by atoms with van der Waals surface area (Å²) in [5, 5.41) is 182. The van der Waals surface area contributed by atoms with Crippen LogP contribution in [0.3, 0.4) is 0 Å². The number of carbonyl (C=O) groups is 4. The maximum Gasteiger partial charge on any atom is 0.317 e. The van der Waals surface area contributed by atoms with E-state index in [0.29, 0.717) is 25.7 Å². The molecule has 29 unspecified atom stereocenters. The van der Waals surface area contributed by atoms with Crippen molar-refractivity contribution in [1.82, 2.24) is 0 Å². The molecule has 0 bridgehead atoms. The predicted octanol–water partition coefficient (Wildman–Crippen LogP) is -7.32. The molecule has 17 N–H and O–H groups in total. The lowest BCUT2D eigenvalue weighted by molar-refractivity contribution is -0.341. The van der Waals surface area contributed by atoms with Crippen molar-refractivity contribution >= 4 is 23.9 Å². The number of esters is 3. The Morgan fingerprint density at radius 3 is 1.33 bits per heavy atom. The summed E-state index contributed by atoms with van der Waals surface area (Å²) in [6.45, 7) is -2.57. The van der Waals surface area contributed by atoms with Crippen LogP contribution in [0.5, 0.6) is 0 Å². The normalized spacial score (nSPS) is 48.1. The minimum atomic E-state index is -1.97. The third-order valence-corrected chi connectivity index (χ3v) is 19.1. The molecular formula is C56H88O33. The van der Waals surface area contributed by atoms with Gasteiger partial charge < -0.3 is 144 Å². The van der Waals surface area contributed by atoms with Gasteiger partial charge in [-0.05, 0) is 83.0 Å². The highest BCUT2D eigenvalue weighted by atomic mass is 16.7. The third kappa shape index (κ3) is 16.7. The molecule has 5 saturated heterocycles. The van der Waals surface area contributed by atoms with Crippen molar-refractivity contribution in [1.29, 1.82) is 0 Å². The molecule has 29 atom stereocenters. The van der Waals surface area contributed by atoms with E-state index in [1.807, 2.05) is 0 Å². The van der Waals surface area contributed by atoms with Crippen LogP contribution in [0, 0.1) is 23.7 Å². The van der Waals surface area contributed by atoms with Crippen LogP contribution in [0.4, 0.5) is 0 Å². The summed E-state index contributed by atoms with van der Waals surface area (Å²) in [7, 11) is 0. The highest BCUT2D eigenvalue weighted by molar-refractivity contribution is 5.90. The predicted molar refractivity (Wildman–Crippen MR) is 284 cm³/mol. The number of aliphatic carboxylic acids is 1. The first-order valence-electron chi connectivity index (χ1n) is 30.7. The molecule has 0 radical (unpaired) electrons. The number of hydrogen-bond acceptors (Lipinski definition) is 32. The van der Waals surface area contributed by atoms with Crippen LogP contribution < -0.4 is 0 Å². The maximum absolute atomic E-state index is 13.4. The second kappa shape index (κ2) is 31.0. The fourth-order valence-corrected chi connectivity index (χ4v) is 13.7. The first kappa shape index (κ1) is 70.2. The zero-order chi connectivity index (χ0) is 64.3. The zero-order valence-corrected chi connectivity index (χ0v) is 48.6. The standard InChI is InChI=1S/C56H88O33/c57-16-32-38(64)42(68)46(72)53(86-32)81-24-8-3-21(4-9-24)52(77)80-19-35-41(67)45(71)48(74)55(89-35)84-30-11-22(5-10-27(30)59)50-31(85-56-49(75)44(70)39(65)33(88-56)17-78-37(63)15-36(61)62)14-26-28(60)12-25(13-29(26)83-50)82-54-47(73)43(69)40(66)34(87-54)18-79-51(76)20-1-6-23(58)7-2-20/h20-35,38-50,53-60,64-75H,1-19H2,(H,61,62). The molecular weight excluding hydrogens is 1200 g/mol. The van der Waals surface area contributed by atoms with E-state index in [-0.39, 0.29) is 64.2 Å². The number of carboxylic acids is 1. The molecule has 9 rings (SSSR count). The van der Waals surface area contributed by atoms with Gasteiger partial charge in [0.25, 0.3) is 0 Å². The summed E-state index contributed by atoms with van der Waals surface area (Å²) in [6.07, 6.45) is -41.4. The number of rotatable bonds is 20. The highest BCUT2D eigenvalue weighted by Crippen LogP contribution is 2.46. The highest BCUT2D eigenvalue weighted by Gasteiger charge is 2.56. The second-order valence-electron chi connectivity index (χ2n) is 25.2. The van der Waals surface area contributed by atoms with Gasteiger partial charge >= 0.3 is 23.9 Å². The Labute approximate surface area is 509 Å². The monoisotopic (exact) mass is 1290 g/mol. The van der Waals surface area contributed by atoms with E-state index in [1.54, 1.807) is 0 Å². The lowest BCUT2D eigenvalue weighted by Crippen LogP contribution is -2.63. The van der Waals surface area contributed by atoms with Crippen molar-refractivity contribution in [3.8, 4) is 0 Å². The first-order chi connectivity index (χ1) is 42.3. The number of aliphatic hydroxyl groups is 16. The second-order valence-corrected chi connectivity index (χ2v) is 25.2. The van der Waals surface area contributed by atoms with E-state index in [9.17, 15) is 101 Å². The van der Waals surface area contributed by atoms with Crippen LogP contribution in [-0.4, -0.2) is 315 Å². The molecule has 0 aromatic heterocycles. The Morgan fingerprint density at radius 2 is 0.831 bits per heavy atom. The van der Waals surface area contributed by atoms with Gasteiger partial charge in [0.1, 0.15) is 124 Å². The fourth-order valence-electron chi connectivity index (χ4n) is 13.7. The Morgan fingerprint density at radius 1 is 0.393 bits per heavy atom. The van der Waals surface area contributed by atoms with Gasteiger partial charge in [0, 0.05) is 18.8 Å². The van der Waals surface area contributed by atoms with Gasteiger partial charge in [-0.2, -0.15) is 0 Å². The maximum atomic E-state index is 13.4. The lowest BCUT2D eigenvalue weighted by atomic mass is 9.72. The van der Waals surface area contributed by atoms with Crippen LogP contribution >= 0.6 is 0 Å². The summed E-state index contributed by atoms with van der Waals surface area (Å²) in [4.78, 5) is 49.6. The van der Waals surface area contributed by atoms with E-state index < -0.39 is 258 Å². The van der Waals surface area contributed by atoms with Crippen molar-refractivity contribution in [3.05, 3.63) is 0 Å². The minimum absolute atomic E-state index is 0.00218. The average molecular weight is 1290 g/mol. The van der Waals surface area contributed by atoms with E-state index in [0.717, 1.165) is 0 Å². The number of carbonyl (C=O) groups excluding carboxylic acids is 3. The molecule has 9 fully saturated rings. The van der Waals surface area contributed by atoms with E-state index >= 15 is 0 Å². The average Bonchev–Trinajstić information content (AvgIpc) is 1.19. The molecule has 0 aromatic rings. The number of aliphatic hydroxyl groups excluding tert-OH is 16. The summed E-state index contributed by atoms with van der Waals surface area (Å²) in [5.74, 6) is -6.66. The van der Waals surface area contributed by atoms with Gasteiger partial charge in [0.05, 0.1) is 73.4 Å². The van der Waals surface area contributed by atoms with E-state index in [2.05, 4.69) is 0 Å². The molecule has 9 aliphatic rings. The van der Waals surface area contributed by atoms with Crippen LogP contribution in [0.25, 0.3) is 0 Å². The van der Waals surface area contributed by atoms with Crippen molar-refractivity contribution in [2.24, 2.45) is 23.7 Å². The number of ether oxygens (including phenoxy) is 12. The lowest BCUT2D eigenvalue weighted by Gasteiger charge is -2.52. The van der Waals surface area contributed by atoms with Crippen molar-refractivity contribution in [3.63, 3.8) is 0 Å². The summed E-state index contributed by atoms with van der Waals surface area (Å²) in [6, 6.07) is 0. The molecule has 33 heteroatoms. The van der Waals surface area contributed by atoms with Gasteiger partial charge in [-0.25, -0.2) is 0 Å². The summed E-state index contributed by atoms with van der Waals surface area (Å²) in [5.41, 5.74) is 0. The quantitative estimate of drug-likeness (QED) is 0.0306. The third-order valence-electron chi connectivity index (χ3n) is 19.1. The SMILES string of the molecule is O=C(O)CC(=O)OCC1OC(OC2CC3C(O)CC(OC4OC(COC(=O)C5CCC(O)CC5)C(O)C(O)C4O)CC3OC2C2CCC(O)C(OC3OC(COC(=O)C4CCC(OC5OC(CO)C(O)C(O)C5O)CC4)C(O)C(O)C3O)C2)C(O)C(O)C1O. The Hall–Kier alpha value is -3.12. The number of hydrogen-bond donors (Lipinski definition) is 17. The minimum Gasteiger partial charge on any atom is -0.481 e. The van der Waals surface area contributed by atoms with Gasteiger partial charge in [0.15, 0.2) is 25.2 Å². The van der Waals surface area contributed by atoms with E-state index in [4.69, 9.17) is 61.9 Å². The smallest absolute Gasteiger partial charge is 0.317 e.